The molecule has 9 heteroatoms. The van der Waals surface area contributed by atoms with Gasteiger partial charge in [0.05, 0.1) is 11.1 Å². The minimum Gasteiger partial charge on any atom is -0.490 e. The van der Waals surface area contributed by atoms with E-state index in [1.54, 1.807) is 18.5 Å². The Morgan fingerprint density at radius 1 is 1.11 bits per heavy atom. The lowest BCUT2D eigenvalue weighted by molar-refractivity contribution is -0.137. The molecule has 1 fully saturated rings. The molecule has 1 aromatic heterocycles. The van der Waals surface area contributed by atoms with Crippen molar-refractivity contribution < 1.29 is 27.5 Å². The van der Waals surface area contributed by atoms with Crippen LogP contribution in [-0.2, 0) is 6.18 Å². The van der Waals surface area contributed by atoms with Crippen molar-refractivity contribution in [2.75, 3.05) is 25.5 Å². The smallest absolute Gasteiger partial charge is 0.416 e. The van der Waals surface area contributed by atoms with Crippen LogP contribution in [-0.4, -0.2) is 48.3 Å². The van der Waals surface area contributed by atoms with E-state index in [4.69, 9.17) is 4.74 Å². The van der Waals surface area contributed by atoms with Gasteiger partial charge in [-0.2, -0.15) is 13.2 Å². The number of hydrogen-bond donors (Lipinski definition) is 1. The molecule has 3 aromatic rings. The van der Waals surface area contributed by atoms with Gasteiger partial charge in [0.1, 0.15) is 18.1 Å². The summed E-state index contributed by atoms with van der Waals surface area (Å²) in [7, 11) is 1.90. The number of anilines is 1. The predicted molar refractivity (Wildman–Crippen MR) is 131 cm³/mol. The Bertz CT molecular complexity index is 1160. The molecule has 0 bridgehead atoms. The Labute approximate surface area is 208 Å². The number of carbonyl (C=O) groups is 2. The zero-order chi connectivity index (χ0) is 26.1. The fourth-order valence-electron chi connectivity index (χ4n) is 3.70. The molecule has 0 saturated carbocycles. The van der Waals surface area contributed by atoms with Gasteiger partial charge in [-0.15, -0.1) is 0 Å². The molecular formula is C27H28F3N3O3. The van der Waals surface area contributed by atoms with E-state index in [1.165, 1.54) is 12.1 Å². The number of nitrogens with zero attached hydrogens (tertiary/aromatic N) is 2. The van der Waals surface area contributed by atoms with Crippen LogP contribution in [0.2, 0.25) is 0 Å². The maximum atomic E-state index is 12.4. The molecule has 0 unspecified atom stereocenters. The fourth-order valence-corrected chi connectivity index (χ4v) is 3.70. The van der Waals surface area contributed by atoms with E-state index in [0.29, 0.717) is 24.9 Å². The third-order valence-corrected chi connectivity index (χ3v) is 5.76. The third kappa shape index (κ3) is 7.31. The Morgan fingerprint density at radius 3 is 2.47 bits per heavy atom. The van der Waals surface area contributed by atoms with Gasteiger partial charge in [0.25, 0.3) is 5.91 Å². The zero-order valence-electron chi connectivity index (χ0n) is 20.1. The topological polar surface area (TPSA) is 71.5 Å². The zero-order valence-corrected chi connectivity index (χ0v) is 20.1. The molecule has 2 heterocycles. The number of benzene rings is 2. The number of rotatable bonds is 5. The van der Waals surface area contributed by atoms with Crippen LogP contribution in [0, 0.1) is 6.92 Å². The standard InChI is InChI=1S/C19H23N3O2.C8H5F3O/c1-14-5-6-16(20-2)12-18(14)24-17-7-10-22(11-8-17)19(23)15-4-3-9-21-13-15;9-8(10,11)7-3-1-2-6(4-7)5-12/h3-6,9,12-13,17,20H,7-8,10-11H2,1-2H3;1-5H. The Kier molecular flexibility index (Phi) is 9.05. The van der Waals surface area contributed by atoms with Gasteiger partial charge in [0.15, 0.2) is 0 Å². The van der Waals surface area contributed by atoms with Crippen LogP contribution in [0.4, 0.5) is 18.9 Å². The second-order valence-corrected chi connectivity index (χ2v) is 8.32. The number of piperidine rings is 1. The van der Waals surface area contributed by atoms with Crippen molar-refractivity contribution in [3.05, 3.63) is 89.2 Å². The van der Waals surface area contributed by atoms with E-state index in [0.717, 1.165) is 42.0 Å². The van der Waals surface area contributed by atoms with Gasteiger partial charge in [-0.25, -0.2) is 0 Å². The number of ether oxygens (including phenoxy) is 1. The summed E-state index contributed by atoms with van der Waals surface area (Å²) in [6.45, 7) is 3.47. The normalized spacial score (nSPS) is 13.9. The molecule has 1 saturated heterocycles. The lowest BCUT2D eigenvalue weighted by Crippen LogP contribution is -2.41. The number of likely N-dealkylation sites (tertiary alicyclic amines) is 1. The number of hydrogen-bond acceptors (Lipinski definition) is 5. The molecule has 0 radical (unpaired) electrons. The minimum atomic E-state index is -4.38. The number of alkyl halides is 3. The van der Waals surface area contributed by atoms with Crippen LogP contribution >= 0.6 is 0 Å². The maximum absolute atomic E-state index is 12.4. The summed E-state index contributed by atoms with van der Waals surface area (Å²) in [5.74, 6) is 0.966. The molecule has 1 aliphatic rings. The van der Waals surface area contributed by atoms with E-state index < -0.39 is 11.7 Å². The fraction of sp³-hybridized carbons (Fsp3) is 0.296. The van der Waals surface area contributed by atoms with Crippen molar-refractivity contribution in [2.24, 2.45) is 0 Å². The summed E-state index contributed by atoms with van der Waals surface area (Å²) < 4.78 is 42.1. The summed E-state index contributed by atoms with van der Waals surface area (Å²) >= 11 is 0. The monoisotopic (exact) mass is 499 g/mol. The molecule has 36 heavy (non-hydrogen) atoms. The molecule has 4 rings (SSSR count). The van der Waals surface area contributed by atoms with Crippen LogP contribution in [0.25, 0.3) is 0 Å². The lowest BCUT2D eigenvalue weighted by Gasteiger charge is -2.32. The highest BCUT2D eigenvalue weighted by Gasteiger charge is 2.30. The molecule has 0 aliphatic carbocycles. The second-order valence-electron chi connectivity index (χ2n) is 8.32. The molecule has 1 aliphatic heterocycles. The highest BCUT2D eigenvalue weighted by molar-refractivity contribution is 5.93. The van der Waals surface area contributed by atoms with Gasteiger partial charge < -0.3 is 15.0 Å². The lowest BCUT2D eigenvalue weighted by atomic mass is 10.1. The summed E-state index contributed by atoms with van der Waals surface area (Å²) in [5, 5.41) is 3.13. The van der Waals surface area contributed by atoms with Gasteiger partial charge in [0, 0.05) is 62.7 Å². The predicted octanol–water partition coefficient (Wildman–Crippen LogP) is 5.63. The maximum Gasteiger partial charge on any atom is 0.416 e. The quantitative estimate of drug-likeness (QED) is 0.461. The van der Waals surface area contributed by atoms with Crippen LogP contribution < -0.4 is 10.1 Å². The number of carbonyl (C=O) groups excluding carboxylic acids is 2. The molecule has 2 aromatic carbocycles. The number of halogens is 3. The van der Waals surface area contributed by atoms with Crippen LogP contribution in [0.3, 0.4) is 0 Å². The van der Waals surface area contributed by atoms with Gasteiger partial charge >= 0.3 is 6.18 Å². The third-order valence-electron chi connectivity index (χ3n) is 5.76. The number of pyridine rings is 1. The van der Waals surface area contributed by atoms with Gasteiger partial charge in [-0.3, -0.25) is 14.6 Å². The summed E-state index contributed by atoms with van der Waals surface area (Å²) in [5.41, 5.74) is 2.05. The molecule has 1 amide bonds. The first-order valence-corrected chi connectivity index (χ1v) is 11.5. The summed E-state index contributed by atoms with van der Waals surface area (Å²) in [4.78, 5) is 28.5. The summed E-state index contributed by atoms with van der Waals surface area (Å²) in [6, 6.07) is 14.0. The van der Waals surface area contributed by atoms with Crippen molar-refractivity contribution in [1.29, 1.82) is 0 Å². The van der Waals surface area contributed by atoms with Crippen molar-refractivity contribution >= 4 is 17.9 Å². The largest absolute Gasteiger partial charge is 0.490 e. The first-order chi connectivity index (χ1) is 17.2. The average Bonchev–Trinajstić information content (AvgIpc) is 2.90. The van der Waals surface area contributed by atoms with Crippen LogP contribution in [0.5, 0.6) is 5.75 Å². The van der Waals surface area contributed by atoms with E-state index in [1.807, 2.05) is 30.1 Å². The molecule has 6 nitrogen and oxygen atoms in total. The SMILES string of the molecule is CNc1ccc(C)c(OC2CCN(C(=O)c3cccnc3)CC2)c1.O=Cc1cccc(C(F)(F)F)c1. The van der Waals surface area contributed by atoms with Gasteiger partial charge in [-0.05, 0) is 42.8 Å². The highest BCUT2D eigenvalue weighted by Crippen LogP contribution is 2.29. The number of aryl methyl sites for hydroxylation is 1. The summed E-state index contributed by atoms with van der Waals surface area (Å²) in [6.07, 6.45) is 1.14. The first-order valence-electron chi connectivity index (χ1n) is 11.5. The number of aldehydes is 1. The Morgan fingerprint density at radius 2 is 1.86 bits per heavy atom. The Hall–Kier alpha value is -3.88. The molecular weight excluding hydrogens is 471 g/mol. The first kappa shape index (κ1) is 26.7. The second kappa shape index (κ2) is 12.2. The molecule has 190 valence electrons. The van der Waals surface area contributed by atoms with Crippen molar-refractivity contribution in [1.82, 2.24) is 9.88 Å². The van der Waals surface area contributed by atoms with Crippen molar-refractivity contribution in [3.63, 3.8) is 0 Å². The number of amides is 1. The van der Waals surface area contributed by atoms with E-state index in [2.05, 4.69) is 23.3 Å². The highest BCUT2D eigenvalue weighted by atomic mass is 19.4. The molecule has 0 atom stereocenters. The van der Waals surface area contributed by atoms with Crippen LogP contribution in [0.1, 0.15) is 44.7 Å². The van der Waals surface area contributed by atoms with Gasteiger partial charge in [-0.1, -0.05) is 18.2 Å². The number of nitrogens with one attached hydrogen (secondary N) is 1. The van der Waals surface area contributed by atoms with Crippen molar-refractivity contribution in [2.45, 2.75) is 32.0 Å². The van der Waals surface area contributed by atoms with Crippen molar-refractivity contribution in [3.8, 4) is 5.75 Å². The van der Waals surface area contributed by atoms with E-state index >= 15 is 0 Å². The Balaban J connectivity index is 0.000000253. The van der Waals surface area contributed by atoms with Crippen LogP contribution in [0.15, 0.2) is 67.0 Å². The molecule has 0 spiro atoms. The van der Waals surface area contributed by atoms with E-state index in [-0.39, 0.29) is 17.6 Å². The minimum absolute atomic E-state index is 0.0322. The number of aromatic nitrogens is 1. The van der Waals surface area contributed by atoms with Gasteiger partial charge in [0.2, 0.25) is 0 Å². The molecule has 1 N–H and O–H groups in total. The average molecular weight is 500 g/mol. The van der Waals surface area contributed by atoms with E-state index in [9.17, 15) is 22.8 Å².